The lowest BCUT2D eigenvalue weighted by atomic mass is 10.0. The maximum absolute atomic E-state index is 6.01. The molecule has 0 aliphatic rings. The van der Waals surface area contributed by atoms with Crippen molar-refractivity contribution in [3.05, 3.63) is 70.9 Å². The monoisotopic (exact) mass is 361 g/mol. The molecular formula is C18H17Cl2N3O. The van der Waals surface area contributed by atoms with Crippen molar-refractivity contribution in [1.29, 1.82) is 0 Å². The Morgan fingerprint density at radius 2 is 1.79 bits per heavy atom. The number of aryl methyl sites for hydroxylation is 1. The molecule has 0 unspecified atom stereocenters. The van der Waals surface area contributed by atoms with Gasteiger partial charge in [-0.3, -0.25) is 0 Å². The highest BCUT2D eigenvalue weighted by Gasteiger charge is 2.13. The van der Waals surface area contributed by atoms with Gasteiger partial charge in [0, 0.05) is 11.6 Å². The van der Waals surface area contributed by atoms with E-state index in [4.69, 9.17) is 22.1 Å². The van der Waals surface area contributed by atoms with E-state index in [9.17, 15) is 0 Å². The SMILES string of the molecule is Cc1cccc(OCc2ccccc2)c1-c1cc(Cl)nc(N)n1.Cl. The number of hydrogen-bond donors (Lipinski definition) is 1. The predicted molar refractivity (Wildman–Crippen MR) is 99.6 cm³/mol. The van der Waals surface area contributed by atoms with Crippen LogP contribution in [-0.4, -0.2) is 9.97 Å². The molecule has 0 fully saturated rings. The molecule has 0 saturated carbocycles. The summed E-state index contributed by atoms with van der Waals surface area (Å²) in [5.74, 6) is 0.882. The molecule has 0 atom stereocenters. The van der Waals surface area contributed by atoms with Crippen molar-refractivity contribution >= 4 is 30.0 Å². The molecule has 2 aromatic carbocycles. The fourth-order valence-electron chi connectivity index (χ4n) is 2.39. The van der Waals surface area contributed by atoms with E-state index in [-0.39, 0.29) is 18.4 Å². The second kappa shape index (κ2) is 7.99. The fraction of sp³-hybridized carbons (Fsp3) is 0.111. The summed E-state index contributed by atoms with van der Waals surface area (Å²) >= 11 is 6.01. The number of benzene rings is 2. The Balaban J connectivity index is 0.00000208. The van der Waals surface area contributed by atoms with Crippen LogP contribution >= 0.6 is 24.0 Å². The molecule has 0 aliphatic carbocycles. The molecule has 1 aromatic heterocycles. The Morgan fingerprint density at radius 1 is 1.04 bits per heavy atom. The van der Waals surface area contributed by atoms with Crippen molar-refractivity contribution in [2.75, 3.05) is 5.73 Å². The van der Waals surface area contributed by atoms with Crippen LogP contribution in [0, 0.1) is 6.92 Å². The van der Waals surface area contributed by atoms with Gasteiger partial charge in [-0.05, 0) is 24.1 Å². The maximum atomic E-state index is 6.01. The van der Waals surface area contributed by atoms with Crippen LogP contribution in [0.15, 0.2) is 54.6 Å². The van der Waals surface area contributed by atoms with Gasteiger partial charge in [0.2, 0.25) is 5.95 Å². The topological polar surface area (TPSA) is 61.0 Å². The number of aromatic nitrogens is 2. The quantitative estimate of drug-likeness (QED) is 0.684. The van der Waals surface area contributed by atoms with Gasteiger partial charge in [-0.25, -0.2) is 9.97 Å². The number of nitrogens with zero attached hydrogens (tertiary/aromatic N) is 2. The smallest absolute Gasteiger partial charge is 0.221 e. The van der Waals surface area contributed by atoms with E-state index in [1.165, 1.54) is 0 Å². The van der Waals surface area contributed by atoms with E-state index in [0.29, 0.717) is 17.5 Å². The van der Waals surface area contributed by atoms with Gasteiger partial charge in [-0.1, -0.05) is 54.1 Å². The van der Waals surface area contributed by atoms with E-state index in [1.54, 1.807) is 6.07 Å². The van der Waals surface area contributed by atoms with E-state index in [1.807, 2.05) is 55.5 Å². The zero-order chi connectivity index (χ0) is 16.2. The minimum atomic E-state index is 0. The van der Waals surface area contributed by atoms with Gasteiger partial charge >= 0.3 is 0 Å². The number of rotatable bonds is 4. The Morgan fingerprint density at radius 3 is 2.50 bits per heavy atom. The second-order valence-electron chi connectivity index (χ2n) is 5.16. The maximum Gasteiger partial charge on any atom is 0.221 e. The molecule has 0 radical (unpaired) electrons. The van der Waals surface area contributed by atoms with Crippen molar-refractivity contribution in [1.82, 2.24) is 9.97 Å². The first-order chi connectivity index (χ1) is 11.1. The molecule has 3 aromatic rings. The van der Waals surface area contributed by atoms with Crippen LogP contribution in [0.4, 0.5) is 5.95 Å². The second-order valence-corrected chi connectivity index (χ2v) is 5.54. The highest BCUT2D eigenvalue weighted by Crippen LogP contribution is 2.33. The van der Waals surface area contributed by atoms with Crippen molar-refractivity contribution in [3.63, 3.8) is 0 Å². The van der Waals surface area contributed by atoms with Gasteiger partial charge < -0.3 is 10.5 Å². The lowest BCUT2D eigenvalue weighted by molar-refractivity contribution is 0.307. The van der Waals surface area contributed by atoms with Crippen LogP contribution in [0.25, 0.3) is 11.3 Å². The summed E-state index contributed by atoms with van der Waals surface area (Å²) in [4.78, 5) is 8.19. The van der Waals surface area contributed by atoms with Crippen molar-refractivity contribution in [3.8, 4) is 17.0 Å². The van der Waals surface area contributed by atoms with Crippen LogP contribution < -0.4 is 10.5 Å². The zero-order valence-corrected chi connectivity index (χ0v) is 14.6. The summed E-state index contributed by atoms with van der Waals surface area (Å²) in [5, 5.41) is 0.310. The third kappa shape index (κ3) is 4.16. The molecule has 0 aliphatic heterocycles. The van der Waals surface area contributed by atoms with Gasteiger partial charge in [0.15, 0.2) is 0 Å². The summed E-state index contributed by atoms with van der Waals surface area (Å²) in [6.45, 7) is 2.47. The summed E-state index contributed by atoms with van der Waals surface area (Å²) in [6.07, 6.45) is 0. The molecule has 0 amide bonds. The standard InChI is InChI=1S/C18H16ClN3O.ClH/c1-12-6-5-9-15(23-11-13-7-3-2-4-8-13)17(12)14-10-16(19)22-18(20)21-14;/h2-10H,11H2,1H3,(H2,20,21,22);1H. The molecule has 0 bridgehead atoms. The predicted octanol–water partition coefficient (Wildman–Crippen LogP) is 4.69. The van der Waals surface area contributed by atoms with Gasteiger partial charge in [-0.2, -0.15) is 0 Å². The minimum absolute atomic E-state index is 0. The summed E-state index contributed by atoms with van der Waals surface area (Å²) in [7, 11) is 0. The Labute approximate surface area is 152 Å². The molecule has 124 valence electrons. The lowest BCUT2D eigenvalue weighted by Gasteiger charge is -2.14. The van der Waals surface area contributed by atoms with Crippen LogP contribution in [0.3, 0.4) is 0 Å². The molecule has 4 nitrogen and oxygen atoms in total. The Hall–Kier alpha value is -2.30. The van der Waals surface area contributed by atoms with E-state index in [2.05, 4.69) is 9.97 Å². The molecule has 1 heterocycles. The fourth-order valence-corrected chi connectivity index (χ4v) is 2.58. The van der Waals surface area contributed by atoms with Crippen LogP contribution in [0.5, 0.6) is 5.75 Å². The van der Waals surface area contributed by atoms with E-state index in [0.717, 1.165) is 22.4 Å². The molecule has 2 N–H and O–H groups in total. The molecule has 0 spiro atoms. The number of anilines is 1. The molecular weight excluding hydrogens is 345 g/mol. The Bertz CT molecular complexity index is 805. The van der Waals surface area contributed by atoms with Crippen LogP contribution in [-0.2, 0) is 6.61 Å². The van der Waals surface area contributed by atoms with Crippen molar-refractivity contribution < 1.29 is 4.74 Å². The number of hydrogen-bond acceptors (Lipinski definition) is 4. The molecule has 24 heavy (non-hydrogen) atoms. The highest BCUT2D eigenvalue weighted by molar-refractivity contribution is 6.29. The summed E-state index contributed by atoms with van der Waals surface area (Å²) < 4.78 is 5.99. The number of nitrogen functional groups attached to an aromatic ring is 1. The first kappa shape index (κ1) is 18.0. The van der Waals surface area contributed by atoms with E-state index < -0.39 is 0 Å². The van der Waals surface area contributed by atoms with Crippen molar-refractivity contribution in [2.24, 2.45) is 0 Å². The largest absolute Gasteiger partial charge is 0.488 e. The minimum Gasteiger partial charge on any atom is -0.488 e. The first-order valence-corrected chi connectivity index (χ1v) is 7.58. The van der Waals surface area contributed by atoms with Gasteiger partial charge in [0.25, 0.3) is 0 Å². The van der Waals surface area contributed by atoms with Gasteiger partial charge in [0.1, 0.15) is 17.5 Å². The average molecular weight is 362 g/mol. The summed E-state index contributed by atoms with van der Waals surface area (Å²) in [5.41, 5.74) is 9.37. The number of nitrogens with two attached hydrogens (primary N) is 1. The number of ether oxygens (including phenoxy) is 1. The van der Waals surface area contributed by atoms with E-state index >= 15 is 0 Å². The highest BCUT2D eigenvalue weighted by atomic mass is 35.5. The normalized spacial score (nSPS) is 10.1. The molecule has 0 saturated heterocycles. The van der Waals surface area contributed by atoms with Crippen molar-refractivity contribution in [2.45, 2.75) is 13.5 Å². The molecule has 6 heteroatoms. The van der Waals surface area contributed by atoms with Gasteiger partial charge in [-0.15, -0.1) is 12.4 Å². The van der Waals surface area contributed by atoms with Crippen LogP contribution in [0.2, 0.25) is 5.15 Å². The summed E-state index contributed by atoms with van der Waals surface area (Å²) in [6, 6.07) is 17.5. The first-order valence-electron chi connectivity index (χ1n) is 7.20. The third-order valence-electron chi connectivity index (χ3n) is 3.44. The molecule has 3 rings (SSSR count). The Kier molecular flexibility index (Phi) is 6.01. The number of halogens is 2. The lowest BCUT2D eigenvalue weighted by Crippen LogP contribution is -2.01. The zero-order valence-electron chi connectivity index (χ0n) is 13.1. The van der Waals surface area contributed by atoms with Crippen LogP contribution in [0.1, 0.15) is 11.1 Å². The average Bonchev–Trinajstić information content (AvgIpc) is 2.53. The third-order valence-corrected chi connectivity index (χ3v) is 3.63. The van der Waals surface area contributed by atoms with Gasteiger partial charge in [0.05, 0.1) is 5.69 Å².